The molecule has 9 aromatic rings. The Labute approximate surface area is 332 Å². The van der Waals surface area contributed by atoms with Crippen LogP contribution >= 0.6 is 0 Å². The minimum atomic E-state index is -2.62. The van der Waals surface area contributed by atoms with Crippen LogP contribution in [0.4, 0.5) is 17.1 Å². The van der Waals surface area contributed by atoms with Crippen LogP contribution in [0, 0.1) is 0 Å². The van der Waals surface area contributed by atoms with E-state index in [9.17, 15) is 12.3 Å². The van der Waals surface area contributed by atoms with E-state index in [2.05, 4.69) is 0 Å². The molecule has 0 saturated carbocycles. The zero-order valence-electron chi connectivity index (χ0n) is 50.9. The summed E-state index contributed by atoms with van der Waals surface area (Å²) in [6.45, 7) is 0. The number of benzene rings is 8. The van der Waals surface area contributed by atoms with Crippen molar-refractivity contribution in [3.8, 4) is 27.9 Å². The lowest BCUT2D eigenvalue weighted by molar-refractivity contribution is 0.793. The lowest BCUT2D eigenvalue weighted by Gasteiger charge is -2.30. The SMILES string of the molecule is [2H]c1c([2H])c([2H])c(N(c2ccc3c4ccccc4n(-c4c([2H])c([2H])c5c(c4[2H])-c4c([2H])c([2H])c([2H])c([2H])c4C54c5c([2H])c([2H])c([2H])c([2H])c5-c5c([2H])c([2H])c([2H])c([2H])c54)c3c2)c2c([2H])c([2H])c([2H])c([2H])c2[2H])c([2H])c1[2H]. The number of aromatic nitrogens is 1. The fourth-order valence-electron chi connectivity index (χ4n) is 7.49. The summed E-state index contributed by atoms with van der Waals surface area (Å²) in [6, 6.07) is -9.48. The lowest BCUT2D eigenvalue weighted by atomic mass is 9.70. The first-order valence-corrected chi connectivity index (χ1v) is 15.7. The average molecular weight is 674 g/mol. The molecule has 2 aliphatic carbocycles. The molecule has 0 aliphatic heterocycles. The van der Waals surface area contributed by atoms with Crippen LogP contribution in [-0.4, -0.2) is 4.57 Å². The van der Waals surface area contributed by atoms with Gasteiger partial charge >= 0.3 is 0 Å². The Hall–Kier alpha value is -6.64. The summed E-state index contributed by atoms with van der Waals surface area (Å²) < 4.78 is 228. The van der Waals surface area contributed by atoms with Gasteiger partial charge in [0.05, 0.1) is 50.7 Å². The fraction of sp³-hybridized carbons (Fsp3) is 0.0204. The molecule has 0 atom stereocenters. The van der Waals surface area contributed by atoms with Crippen molar-refractivity contribution in [3.63, 3.8) is 0 Å². The first-order valence-electron chi connectivity index (χ1n) is 28.2. The van der Waals surface area contributed by atoms with Gasteiger partial charge in [0.25, 0.3) is 0 Å². The maximum Gasteiger partial charge on any atom is 0.0725 e. The van der Waals surface area contributed by atoms with E-state index in [-0.39, 0.29) is 16.7 Å². The third-order valence-corrected chi connectivity index (χ3v) is 9.42. The van der Waals surface area contributed by atoms with Crippen LogP contribution in [0.15, 0.2) is 194 Å². The highest BCUT2D eigenvalue weighted by Gasteiger charge is 2.51. The van der Waals surface area contributed by atoms with E-state index < -0.39 is 218 Å². The predicted molar refractivity (Wildman–Crippen MR) is 212 cm³/mol. The van der Waals surface area contributed by atoms with E-state index in [0.717, 1.165) is 4.90 Å². The molecule has 2 nitrogen and oxygen atoms in total. The van der Waals surface area contributed by atoms with E-state index in [0.29, 0.717) is 10.8 Å². The zero-order valence-corrected chi connectivity index (χ0v) is 25.9. The van der Waals surface area contributed by atoms with Crippen LogP contribution in [-0.2, 0) is 5.41 Å². The van der Waals surface area contributed by atoms with Crippen molar-refractivity contribution < 1.29 is 34.3 Å². The highest BCUT2D eigenvalue weighted by atomic mass is 15.1. The Morgan fingerprint density at radius 3 is 1.57 bits per heavy atom. The van der Waals surface area contributed by atoms with Crippen LogP contribution < -0.4 is 4.90 Å². The topological polar surface area (TPSA) is 8.17 Å². The Bertz CT molecular complexity index is 4060. The van der Waals surface area contributed by atoms with Crippen LogP contribution in [0.5, 0.6) is 0 Å². The van der Waals surface area contributed by atoms with Gasteiger partial charge in [0.15, 0.2) is 0 Å². The Morgan fingerprint density at radius 2 is 0.941 bits per heavy atom. The second kappa shape index (κ2) is 10.7. The Balaban J connectivity index is 1.33. The van der Waals surface area contributed by atoms with Gasteiger partial charge in [0, 0.05) is 33.5 Å². The molecule has 11 rings (SSSR count). The summed E-state index contributed by atoms with van der Waals surface area (Å²) in [5.41, 5.74) is -7.95. The monoisotopic (exact) mass is 673 g/mol. The maximum absolute atomic E-state index is 10.3. The summed E-state index contributed by atoms with van der Waals surface area (Å²) in [6.07, 6.45) is 0. The van der Waals surface area contributed by atoms with Gasteiger partial charge in [-0.05, 0) is 99.0 Å². The molecule has 1 spiro atoms. The van der Waals surface area contributed by atoms with E-state index in [1.807, 2.05) is 0 Å². The van der Waals surface area contributed by atoms with Gasteiger partial charge < -0.3 is 9.47 Å². The third kappa shape index (κ3) is 3.82. The minimum absolute atomic E-state index is 0.0486. The number of fused-ring (bicyclic) bond motifs is 13. The smallest absolute Gasteiger partial charge is 0.0725 e. The van der Waals surface area contributed by atoms with Gasteiger partial charge in [-0.3, -0.25) is 0 Å². The molecule has 0 amide bonds. The van der Waals surface area contributed by atoms with Crippen molar-refractivity contribution >= 4 is 38.9 Å². The van der Waals surface area contributed by atoms with Crippen molar-refractivity contribution in [1.29, 1.82) is 0 Å². The van der Waals surface area contributed by atoms with Gasteiger partial charge in [0.2, 0.25) is 0 Å². The predicted octanol–water partition coefficient (Wildman–Crippen LogP) is 12.6. The zero-order chi connectivity index (χ0) is 55.3. The highest BCUT2D eigenvalue weighted by molar-refractivity contribution is 6.10. The standard InChI is InChI=1S/C49H32N2/c1-3-15-33(16-4-1)50(34-17-5-2-6-18-34)36-27-29-41-40-22-10-14-26-47(40)51(48(41)32-36)35-28-30-46-42(31-35)39-21-9-13-25-45(39)49(46)43-23-11-7-19-37(43)38-20-8-12-24-44(38)49/h1-32H/i1D,2D,3D,4D,5D,6D,7D,8D,9D,11D,12D,13D,15D,16D,17D,18D,19D,20D,21D,23D,24D,25D,28D,30D,31D. The van der Waals surface area contributed by atoms with Gasteiger partial charge in [-0.2, -0.15) is 0 Å². The number of hydrogen-bond donors (Lipinski definition) is 0. The van der Waals surface area contributed by atoms with Crippen LogP contribution in [0.1, 0.15) is 56.5 Å². The van der Waals surface area contributed by atoms with Gasteiger partial charge in [0.1, 0.15) is 0 Å². The molecular formula is C49H32N2. The molecule has 0 unspecified atom stereocenters. The van der Waals surface area contributed by atoms with Crippen LogP contribution in [0.2, 0.25) is 0 Å². The van der Waals surface area contributed by atoms with Gasteiger partial charge in [-0.15, -0.1) is 0 Å². The molecule has 0 bridgehead atoms. The van der Waals surface area contributed by atoms with Gasteiger partial charge in [-0.1, -0.05) is 139 Å². The average Bonchev–Trinajstić information content (AvgIpc) is 4.24. The van der Waals surface area contributed by atoms with E-state index in [1.54, 1.807) is 24.3 Å². The normalized spacial score (nSPS) is 20.1. The number of nitrogens with zero attached hydrogens (tertiary/aromatic N) is 2. The first-order chi connectivity index (χ1) is 35.7. The minimum Gasteiger partial charge on any atom is -0.310 e. The van der Waals surface area contributed by atoms with Crippen LogP contribution in [0.25, 0.3) is 49.7 Å². The van der Waals surface area contributed by atoms with E-state index in [4.69, 9.17) is 21.9 Å². The van der Waals surface area contributed by atoms with Gasteiger partial charge in [-0.25, -0.2) is 0 Å². The largest absolute Gasteiger partial charge is 0.310 e. The van der Waals surface area contributed by atoms with Crippen LogP contribution in [0.3, 0.4) is 0 Å². The molecular weight excluding hydrogens is 617 g/mol. The van der Waals surface area contributed by atoms with Crippen molar-refractivity contribution in [2.75, 3.05) is 4.90 Å². The first kappa shape index (κ1) is 13.2. The molecule has 51 heavy (non-hydrogen) atoms. The quantitative estimate of drug-likeness (QED) is 0.180. The summed E-state index contributed by atoms with van der Waals surface area (Å²) in [5, 5.41) is 0.799. The number of para-hydroxylation sites is 3. The molecule has 0 N–H and O–H groups in total. The number of hydrogen-bond acceptors (Lipinski definition) is 1. The molecule has 2 heteroatoms. The van der Waals surface area contributed by atoms with Crippen molar-refractivity contribution in [1.82, 2.24) is 4.57 Å². The molecule has 2 aliphatic rings. The molecule has 0 radical (unpaired) electrons. The molecule has 0 fully saturated rings. The highest BCUT2D eigenvalue weighted by Crippen LogP contribution is 2.62. The summed E-state index contributed by atoms with van der Waals surface area (Å²) >= 11 is 0. The van der Waals surface area contributed by atoms with Crippen molar-refractivity contribution in [2.45, 2.75) is 5.41 Å². The molecule has 1 heterocycles. The third-order valence-electron chi connectivity index (χ3n) is 9.42. The summed E-state index contributed by atoms with van der Waals surface area (Å²) in [4.78, 5) is 0.915. The van der Waals surface area contributed by atoms with Crippen molar-refractivity contribution in [3.05, 3.63) is 216 Å². The molecule has 0 saturated heterocycles. The second-order valence-corrected chi connectivity index (χ2v) is 11.8. The second-order valence-electron chi connectivity index (χ2n) is 11.8. The summed E-state index contributed by atoms with van der Waals surface area (Å²) in [7, 11) is 0. The molecule has 8 aromatic carbocycles. The van der Waals surface area contributed by atoms with Crippen molar-refractivity contribution in [2.24, 2.45) is 0 Å². The lowest BCUT2D eigenvalue weighted by Crippen LogP contribution is -2.25. The maximum atomic E-state index is 10.3. The summed E-state index contributed by atoms with van der Waals surface area (Å²) in [5.74, 6) is 0. The number of rotatable bonds is 4. The van der Waals surface area contributed by atoms with E-state index in [1.165, 1.54) is 22.8 Å². The van der Waals surface area contributed by atoms with E-state index >= 15 is 0 Å². The number of anilines is 3. The fourth-order valence-corrected chi connectivity index (χ4v) is 7.49. The Kier molecular flexibility index (Phi) is 2.77. The molecule has 238 valence electrons. The molecule has 1 aromatic heterocycles. The Morgan fingerprint density at radius 1 is 0.431 bits per heavy atom.